The van der Waals surface area contributed by atoms with Gasteiger partial charge in [-0.3, -0.25) is 18.2 Å². The number of hydrogen-bond acceptors (Lipinski definition) is 0. The molecule has 0 fully saturated rings. The largest absolute Gasteiger partial charge is 3.00 e. The van der Waals surface area contributed by atoms with Gasteiger partial charge in [0.05, 0.1) is 0 Å². The zero-order valence-corrected chi connectivity index (χ0v) is 12.5. The topological polar surface area (TPSA) is 0 Å². The van der Waals surface area contributed by atoms with Gasteiger partial charge in [0.25, 0.3) is 0 Å². The Balaban J connectivity index is 0.000000205. The molecule has 0 atom stereocenters. The Kier molecular flexibility index (Phi) is 12.7. The van der Waals surface area contributed by atoms with Crippen molar-refractivity contribution in [3.05, 3.63) is 72.9 Å². The summed E-state index contributed by atoms with van der Waals surface area (Å²) < 4.78 is 0. The summed E-state index contributed by atoms with van der Waals surface area (Å²) in [7, 11) is 0. The smallest absolute Gasteiger partial charge is 0.273 e. The van der Waals surface area contributed by atoms with Gasteiger partial charge in [-0.05, 0) is 0 Å². The summed E-state index contributed by atoms with van der Waals surface area (Å²) in [6.07, 6.45) is 30.0. The third-order valence-corrected chi connectivity index (χ3v) is 1.76. The van der Waals surface area contributed by atoms with E-state index in [9.17, 15) is 0 Å². The average Bonchev–Trinajstić information content (AvgIpc) is 3.09. The molecule has 0 aromatic heterocycles. The fourth-order valence-electron chi connectivity index (χ4n) is 1.02. The van der Waals surface area contributed by atoms with Gasteiger partial charge in [0, 0.05) is 0 Å². The summed E-state index contributed by atoms with van der Waals surface area (Å²) in [4.78, 5) is 0. The van der Waals surface area contributed by atoms with E-state index in [0.717, 1.165) is 19.3 Å². The molecule has 0 saturated carbocycles. The third-order valence-electron chi connectivity index (χ3n) is 1.76. The van der Waals surface area contributed by atoms with E-state index >= 15 is 0 Å². The normalized spacial score (nSPS) is 16.5. The Labute approximate surface area is 132 Å². The first-order valence-corrected chi connectivity index (χ1v) is 5.15. The summed E-state index contributed by atoms with van der Waals surface area (Å²) in [6.45, 7) is 0. The summed E-state index contributed by atoms with van der Waals surface area (Å²) in [5.41, 5.74) is 0. The molecule has 0 aromatic rings. The molecule has 16 heavy (non-hydrogen) atoms. The Hall–Kier alpha value is -0.209. The van der Waals surface area contributed by atoms with Crippen LogP contribution in [0.15, 0.2) is 54.7 Å². The zero-order chi connectivity index (χ0) is 10.6. The van der Waals surface area contributed by atoms with Crippen LogP contribution >= 0.6 is 0 Å². The molecule has 3 aliphatic carbocycles. The molecule has 0 aliphatic heterocycles. The molecule has 1 heteroatoms. The van der Waals surface area contributed by atoms with Crippen LogP contribution in [0.1, 0.15) is 19.3 Å². The Bertz CT molecular complexity index is 232. The third kappa shape index (κ3) is 10.3. The molecule has 0 bridgehead atoms. The van der Waals surface area contributed by atoms with Gasteiger partial charge in [-0.15, -0.1) is 19.3 Å². The van der Waals surface area contributed by atoms with E-state index in [-0.39, 0.29) is 40.8 Å². The van der Waals surface area contributed by atoms with Gasteiger partial charge >= 0.3 is 40.8 Å². The Morgan fingerprint density at radius 3 is 0.938 bits per heavy atom. The molecule has 0 heterocycles. The van der Waals surface area contributed by atoms with Crippen LogP contribution in [0.5, 0.6) is 0 Å². The standard InChI is InChI=1S/3C5H5.Nd/c3*1-2-4-5-3-1;/h3*1-3H,4H2;/q3*-1;+3. The quantitative estimate of drug-likeness (QED) is 0.587. The number of allylic oxidation sites excluding steroid dienone is 12. The molecule has 0 N–H and O–H groups in total. The molecule has 3 aliphatic rings. The van der Waals surface area contributed by atoms with Crippen molar-refractivity contribution in [2.45, 2.75) is 19.3 Å². The molecule has 0 aromatic carbocycles. The molecule has 0 amide bonds. The maximum absolute atomic E-state index is 2.99. The number of hydrogen-bond donors (Lipinski definition) is 0. The Morgan fingerprint density at radius 1 is 0.562 bits per heavy atom. The van der Waals surface area contributed by atoms with Crippen molar-refractivity contribution in [1.29, 1.82) is 0 Å². The first-order chi connectivity index (χ1) is 7.50. The van der Waals surface area contributed by atoms with Crippen LogP contribution in [0.25, 0.3) is 0 Å². The van der Waals surface area contributed by atoms with Crippen LogP contribution in [0.4, 0.5) is 0 Å². The van der Waals surface area contributed by atoms with E-state index in [1.54, 1.807) is 0 Å². The van der Waals surface area contributed by atoms with Crippen LogP contribution in [0.3, 0.4) is 0 Å². The van der Waals surface area contributed by atoms with E-state index < -0.39 is 0 Å². The van der Waals surface area contributed by atoms with Crippen LogP contribution in [0, 0.1) is 59.1 Å². The minimum Gasteiger partial charge on any atom is -0.273 e. The van der Waals surface area contributed by atoms with Gasteiger partial charge < -0.3 is 0 Å². The number of rotatable bonds is 0. The van der Waals surface area contributed by atoms with Crippen LogP contribution in [-0.4, -0.2) is 0 Å². The van der Waals surface area contributed by atoms with E-state index in [1.165, 1.54) is 0 Å². The van der Waals surface area contributed by atoms with Crippen molar-refractivity contribution in [3.63, 3.8) is 0 Å². The van der Waals surface area contributed by atoms with Crippen molar-refractivity contribution < 1.29 is 40.8 Å². The summed E-state index contributed by atoms with van der Waals surface area (Å²) in [5, 5.41) is 0. The summed E-state index contributed by atoms with van der Waals surface area (Å²) in [6, 6.07) is 0. The molecule has 0 saturated heterocycles. The maximum atomic E-state index is 2.99. The van der Waals surface area contributed by atoms with Crippen LogP contribution in [0.2, 0.25) is 0 Å². The van der Waals surface area contributed by atoms with Gasteiger partial charge in [0.2, 0.25) is 0 Å². The summed E-state index contributed by atoms with van der Waals surface area (Å²) in [5.74, 6) is 0. The van der Waals surface area contributed by atoms with Gasteiger partial charge in [-0.2, -0.15) is 18.2 Å². The minimum absolute atomic E-state index is 0. The summed E-state index contributed by atoms with van der Waals surface area (Å²) >= 11 is 0. The molecule has 1 radical (unpaired) electrons. The van der Waals surface area contributed by atoms with E-state index in [0.29, 0.717) is 0 Å². The second-order valence-corrected chi connectivity index (χ2v) is 3.01. The van der Waals surface area contributed by atoms with Crippen molar-refractivity contribution >= 4 is 0 Å². The van der Waals surface area contributed by atoms with Gasteiger partial charge in [-0.25, -0.2) is 36.5 Å². The Morgan fingerprint density at radius 2 is 0.875 bits per heavy atom. The fraction of sp³-hybridized carbons (Fsp3) is 0.200. The van der Waals surface area contributed by atoms with E-state index in [1.807, 2.05) is 36.5 Å². The second-order valence-electron chi connectivity index (χ2n) is 3.01. The van der Waals surface area contributed by atoms with Crippen molar-refractivity contribution in [1.82, 2.24) is 0 Å². The monoisotopic (exact) mass is 337 g/mol. The first kappa shape index (κ1) is 15.8. The molecule has 0 spiro atoms. The SMILES string of the molecule is [C-]1=CC=CC1.[C-]1=CC=CC1.[C-]1=CC=CC1.[Nd+3]. The van der Waals surface area contributed by atoms with Gasteiger partial charge in [0.15, 0.2) is 0 Å². The first-order valence-electron chi connectivity index (χ1n) is 5.15. The molecule has 0 nitrogen and oxygen atoms in total. The zero-order valence-electron chi connectivity index (χ0n) is 9.32. The second kappa shape index (κ2) is 12.9. The predicted octanol–water partition coefficient (Wildman–Crippen LogP) is 3.92. The molecular weight excluding hydrogens is 324 g/mol. The van der Waals surface area contributed by atoms with E-state index in [2.05, 4.69) is 36.5 Å². The van der Waals surface area contributed by atoms with Crippen LogP contribution in [-0.2, 0) is 0 Å². The van der Waals surface area contributed by atoms with Crippen molar-refractivity contribution in [2.24, 2.45) is 0 Å². The van der Waals surface area contributed by atoms with E-state index in [4.69, 9.17) is 0 Å². The predicted molar refractivity (Wildman–Crippen MR) is 64.7 cm³/mol. The maximum Gasteiger partial charge on any atom is 3.00 e. The van der Waals surface area contributed by atoms with Crippen LogP contribution < -0.4 is 0 Å². The van der Waals surface area contributed by atoms with Crippen molar-refractivity contribution in [2.75, 3.05) is 0 Å². The minimum atomic E-state index is 0. The van der Waals surface area contributed by atoms with Gasteiger partial charge in [-0.1, -0.05) is 0 Å². The average molecular weight is 340 g/mol. The molecule has 3 rings (SSSR count). The molecular formula is C15H15Nd. The molecule has 0 unspecified atom stereocenters. The molecule has 79 valence electrons. The fourth-order valence-corrected chi connectivity index (χ4v) is 1.02. The van der Waals surface area contributed by atoms with Crippen molar-refractivity contribution in [3.8, 4) is 0 Å². The van der Waals surface area contributed by atoms with Gasteiger partial charge in [0.1, 0.15) is 0 Å².